The van der Waals surface area contributed by atoms with E-state index >= 15 is 0 Å². The van der Waals surface area contributed by atoms with E-state index in [2.05, 4.69) is 14.9 Å². The summed E-state index contributed by atoms with van der Waals surface area (Å²) in [6.45, 7) is 3.40. The van der Waals surface area contributed by atoms with E-state index in [1.807, 2.05) is 0 Å². The number of carboxylic acid groups (broad SMARTS) is 1. The van der Waals surface area contributed by atoms with Crippen LogP contribution in [0.25, 0.3) is 0 Å². The smallest absolute Gasteiger partial charge is 0.335 e. The Morgan fingerprint density at radius 3 is 2.67 bits per heavy atom. The van der Waals surface area contributed by atoms with Crippen LogP contribution in [0.15, 0.2) is 24.3 Å². The number of aromatic nitrogens is 2. The van der Waals surface area contributed by atoms with Gasteiger partial charge in [-0.05, 0) is 31.5 Å². The van der Waals surface area contributed by atoms with Gasteiger partial charge in [0.05, 0.1) is 28.4 Å². The molecule has 7 nitrogen and oxygen atoms in total. The zero-order chi connectivity index (χ0) is 15.6. The average molecular weight is 309 g/mol. The highest BCUT2D eigenvalue weighted by Gasteiger charge is 2.17. The largest absolute Gasteiger partial charge is 0.478 e. The van der Waals surface area contributed by atoms with Crippen molar-refractivity contribution in [3.05, 3.63) is 46.8 Å². The summed E-state index contributed by atoms with van der Waals surface area (Å²) in [5.41, 5.74) is 2.05. The van der Waals surface area contributed by atoms with E-state index in [1.165, 1.54) is 18.2 Å². The summed E-state index contributed by atoms with van der Waals surface area (Å²) in [5, 5.41) is 15.5. The molecule has 0 radical (unpaired) electrons. The van der Waals surface area contributed by atoms with Crippen molar-refractivity contribution in [3.63, 3.8) is 0 Å². The van der Waals surface area contributed by atoms with Gasteiger partial charge in [0.1, 0.15) is 0 Å². The lowest BCUT2D eigenvalue weighted by Gasteiger charge is -2.08. The van der Waals surface area contributed by atoms with E-state index < -0.39 is 16.0 Å². The third-order valence-corrected chi connectivity index (χ3v) is 4.14. The van der Waals surface area contributed by atoms with Gasteiger partial charge >= 0.3 is 5.97 Å². The maximum absolute atomic E-state index is 12.2. The van der Waals surface area contributed by atoms with E-state index in [-0.39, 0.29) is 11.3 Å². The zero-order valence-electron chi connectivity index (χ0n) is 11.5. The lowest BCUT2D eigenvalue weighted by Crippen LogP contribution is -2.16. The first-order chi connectivity index (χ1) is 9.78. The molecule has 1 aromatic heterocycles. The summed E-state index contributed by atoms with van der Waals surface area (Å²) in [6.07, 6.45) is 0. The first-order valence-electron chi connectivity index (χ1n) is 6.13. The van der Waals surface area contributed by atoms with E-state index in [9.17, 15) is 13.2 Å². The minimum Gasteiger partial charge on any atom is -0.478 e. The summed E-state index contributed by atoms with van der Waals surface area (Å²) >= 11 is 0. The average Bonchev–Trinajstić information content (AvgIpc) is 2.70. The molecule has 21 heavy (non-hydrogen) atoms. The van der Waals surface area contributed by atoms with Gasteiger partial charge in [-0.2, -0.15) is 5.10 Å². The fourth-order valence-corrected chi connectivity index (χ4v) is 3.21. The highest BCUT2D eigenvalue weighted by Crippen LogP contribution is 2.19. The summed E-state index contributed by atoms with van der Waals surface area (Å²) in [4.78, 5) is 10.9. The lowest BCUT2D eigenvalue weighted by atomic mass is 10.1. The molecule has 112 valence electrons. The number of H-pyrrole nitrogens is 1. The fourth-order valence-electron chi connectivity index (χ4n) is 1.91. The van der Waals surface area contributed by atoms with E-state index in [1.54, 1.807) is 19.9 Å². The fraction of sp³-hybridized carbons (Fsp3) is 0.231. The van der Waals surface area contributed by atoms with Crippen LogP contribution >= 0.6 is 0 Å². The van der Waals surface area contributed by atoms with Crippen LogP contribution in [0, 0.1) is 13.8 Å². The van der Waals surface area contributed by atoms with Crippen LogP contribution in [0.2, 0.25) is 0 Å². The maximum Gasteiger partial charge on any atom is 0.335 e. The summed E-state index contributed by atoms with van der Waals surface area (Å²) in [6, 6.07) is 5.84. The topological polar surface area (TPSA) is 112 Å². The first-order valence-corrected chi connectivity index (χ1v) is 7.78. The van der Waals surface area contributed by atoms with Gasteiger partial charge in [-0.1, -0.05) is 12.1 Å². The second-order valence-corrected chi connectivity index (χ2v) is 6.40. The van der Waals surface area contributed by atoms with E-state index in [4.69, 9.17) is 5.11 Å². The van der Waals surface area contributed by atoms with Crippen LogP contribution in [0.1, 0.15) is 27.3 Å². The number of hydrogen-bond acceptors (Lipinski definition) is 4. The van der Waals surface area contributed by atoms with Gasteiger partial charge < -0.3 is 5.11 Å². The minimum atomic E-state index is -3.65. The normalized spacial score (nSPS) is 11.3. The lowest BCUT2D eigenvalue weighted by molar-refractivity contribution is 0.0696. The maximum atomic E-state index is 12.2. The molecule has 0 unspecified atom stereocenters. The van der Waals surface area contributed by atoms with Crippen LogP contribution in [-0.2, 0) is 15.8 Å². The Hall–Kier alpha value is -2.35. The number of benzene rings is 1. The third-order valence-electron chi connectivity index (χ3n) is 2.92. The van der Waals surface area contributed by atoms with Gasteiger partial charge in [0.25, 0.3) is 0 Å². The Labute approximate surface area is 122 Å². The van der Waals surface area contributed by atoms with Crippen LogP contribution < -0.4 is 4.72 Å². The second-order valence-electron chi connectivity index (χ2n) is 4.68. The van der Waals surface area contributed by atoms with Gasteiger partial charge in [-0.15, -0.1) is 0 Å². The highest BCUT2D eigenvalue weighted by molar-refractivity contribution is 7.91. The van der Waals surface area contributed by atoms with Gasteiger partial charge in [0.15, 0.2) is 0 Å². The molecule has 0 aliphatic heterocycles. The van der Waals surface area contributed by atoms with Crippen LogP contribution in [0.4, 0.5) is 5.69 Å². The van der Waals surface area contributed by atoms with Crippen molar-refractivity contribution in [1.29, 1.82) is 0 Å². The van der Waals surface area contributed by atoms with Crippen molar-refractivity contribution in [2.45, 2.75) is 19.6 Å². The summed E-state index contributed by atoms with van der Waals surface area (Å²) in [5.74, 6) is -1.40. The van der Waals surface area contributed by atoms with Gasteiger partial charge in [0.2, 0.25) is 10.0 Å². The monoisotopic (exact) mass is 309 g/mol. The molecular formula is C13H15N3O4S. The minimum absolute atomic E-state index is 0.0540. The number of carbonyl (C=O) groups is 1. The number of rotatable bonds is 5. The molecule has 0 fully saturated rings. The number of anilines is 1. The number of nitrogens with zero attached hydrogens (tertiary/aromatic N) is 1. The molecule has 2 aromatic rings. The van der Waals surface area contributed by atoms with Crippen molar-refractivity contribution in [3.8, 4) is 0 Å². The predicted octanol–water partition coefficient (Wildman–Crippen LogP) is 1.67. The molecule has 0 spiro atoms. The van der Waals surface area contributed by atoms with Crippen LogP contribution in [0.5, 0.6) is 0 Å². The number of sulfonamides is 1. The van der Waals surface area contributed by atoms with Crippen LogP contribution in [-0.4, -0.2) is 29.7 Å². The van der Waals surface area contributed by atoms with Crippen LogP contribution in [0.3, 0.4) is 0 Å². The molecule has 0 atom stereocenters. The number of aromatic amines is 1. The van der Waals surface area contributed by atoms with Crippen molar-refractivity contribution in [2.75, 3.05) is 4.72 Å². The Kier molecular flexibility index (Phi) is 3.99. The molecule has 0 saturated heterocycles. The Balaban J connectivity index is 2.22. The number of carboxylic acids is 1. The molecule has 0 bridgehead atoms. The van der Waals surface area contributed by atoms with E-state index in [0.29, 0.717) is 22.6 Å². The van der Waals surface area contributed by atoms with Crippen molar-refractivity contribution in [2.24, 2.45) is 0 Å². The Bertz CT molecular complexity index is 761. The molecular weight excluding hydrogens is 294 g/mol. The molecule has 0 aliphatic carbocycles. The standard InChI is InChI=1S/C13H15N3O4S/c1-8-12(9(2)15-14-8)16-21(19,20)7-10-4-3-5-11(6-10)13(17)18/h3-6,16H,7H2,1-2H3,(H,14,15)(H,17,18). The molecule has 3 N–H and O–H groups in total. The Morgan fingerprint density at radius 2 is 2.10 bits per heavy atom. The quantitative estimate of drug-likeness (QED) is 0.777. The third kappa shape index (κ3) is 3.60. The molecule has 0 aliphatic rings. The van der Waals surface area contributed by atoms with Crippen molar-refractivity contribution in [1.82, 2.24) is 10.2 Å². The molecule has 1 aromatic carbocycles. The van der Waals surface area contributed by atoms with Gasteiger partial charge in [-0.25, -0.2) is 13.2 Å². The highest BCUT2D eigenvalue weighted by atomic mass is 32.2. The molecule has 1 heterocycles. The summed E-state index contributed by atoms with van der Waals surface area (Å²) in [7, 11) is -3.65. The van der Waals surface area contributed by atoms with Crippen molar-refractivity contribution >= 4 is 21.7 Å². The number of hydrogen-bond donors (Lipinski definition) is 3. The molecule has 0 saturated carbocycles. The molecule has 2 rings (SSSR count). The SMILES string of the molecule is Cc1n[nH]c(C)c1NS(=O)(=O)Cc1cccc(C(=O)O)c1. The number of aromatic carboxylic acids is 1. The first kappa shape index (κ1) is 15.0. The zero-order valence-corrected chi connectivity index (χ0v) is 12.4. The second kappa shape index (κ2) is 5.57. The predicted molar refractivity (Wildman–Crippen MR) is 77.7 cm³/mol. The van der Waals surface area contributed by atoms with Gasteiger partial charge in [0, 0.05) is 0 Å². The molecule has 8 heteroatoms. The number of nitrogens with one attached hydrogen (secondary N) is 2. The van der Waals surface area contributed by atoms with E-state index in [0.717, 1.165) is 0 Å². The summed E-state index contributed by atoms with van der Waals surface area (Å²) < 4.78 is 26.8. The van der Waals surface area contributed by atoms with Crippen molar-refractivity contribution < 1.29 is 18.3 Å². The molecule has 0 amide bonds. The van der Waals surface area contributed by atoms with Gasteiger partial charge in [-0.3, -0.25) is 9.82 Å². The number of aryl methyl sites for hydroxylation is 2. The Morgan fingerprint density at radius 1 is 1.38 bits per heavy atom.